The Hall–Kier alpha value is -2.41. The van der Waals surface area contributed by atoms with Crippen molar-refractivity contribution in [2.75, 3.05) is 19.7 Å². The lowest BCUT2D eigenvalue weighted by Crippen LogP contribution is -2.49. The number of morpholine rings is 1. The van der Waals surface area contributed by atoms with Gasteiger partial charge in [-0.1, -0.05) is 18.2 Å². The molecular weight excluding hydrogens is 298 g/mol. The Kier molecular flexibility index (Phi) is 4.29. The van der Waals surface area contributed by atoms with E-state index in [1.54, 1.807) is 11.0 Å². The molecule has 1 aromatic carbocycles. The van der Waals surface area contributed by atoms with Crippen molar-refractivity contribution in [3.05, 3.63) is 30.0 Å². The van der Waals surface area contributed by atoms with Crippen LogP contribution in [0.3, 0.4) is 0 Å². The molecule has 1 aliphatic rings. The van der Waals surface area contributed by atoms with Crippen LogP contribution in [0.1, 0.15) is 24.3 Å². The molecule has 0 spiro atoms. The third-order valence-corrected chi connectivity index (χ3v) is 3.76. The lowest BCUT2D eigenvalue weighted by atomic mass is 10.2. The molecule has 1 fully saturated rings. The van der Waals surface area contributed by atoms with Crippen LogP contribution in [-0.2, 0) is 14.3 Å². The summed E-state index contributed by atoms with van der Waals surface area (Å²) in [6, 6.07) is 7.26. The van der Waals surface area contributed by atoms with Crippen molar-refractivity contribution in [3.8, 4) is 0 Å². The highest BCUT2D eigenvalue weighted by Crippen LogP contribution is 2.16. The quantitative estimate of drug-likeness (QED) is 0.864. The van der Waals surface area contributed by atoms with E-state index in [1.807, 2.05) is 32.0 Å². The highest BCUT2D eigenvalue weighted by Gasteiger charge is 2.27. The summed E-state index contributed by atoms with van der Waals surface area (Å²) < 4.78 is 10.7. The topological polar surface area (TPSA) is 84.5 Å². The zero-order valence-electron chi connectivity index (χ0n) is 13.1. The van der Waals surface area contributed by atoms with Gasteiger partial charge in [0.1, 0.15) is 0 Å². The van der Waals surface area contributed by atoms with Gasteiger partial charge in [0, 0.05) is 18.5 Å². The zero-order chi connectivity index (χ0) is 16.4. The van der Waals surface area contributed by atoms with Crippen LogP contribution < -0.4 is 0 Å². The number of esters is 1. The summed E-state index contributed by atoms with van der Waals surface area (Å²) in [5, 5.41) is 7.41. The van der Waals surface area contributed by atoms with E-state index in [2.05, 4.69) is 10.2 Å². The minimum absolute atomic E-state index is 0.0197. The van der Waals surface area contributed by atoms with Crippen molar-refractivity contribution in [2.45, 2.75) is 26.1 Å². The average Bonchev–Trinajstić information content (AvgIpc) is 2.95. The molecule has 0 radical (unpaired) electrons. The second-order valence-corrected chi connectivity index (χ2v) is 5.75. The molecule has 23 heavy (non-hydrogen) atoms. The number of hydrogen-bond donors (Lipinski definition) is 1. The fourth-order valence-corrected chi connectivity index (χ4v) is 2.79. The van der Waals surface area contributed by atoms with Crippen molar-refractivity contribution in [1.29, 1.82) is 0 Å². The summed E-state index contributed by atoms with van der Waals surface area (Å²) in [4.78, 5) is 26.0. The molecule has 1 saturated heterocycles. The normalized spacial score (nSPS) is 21.4. The van der Waals surface area contributed by atoms with Crippen molar-refractivity contribution >= 4 is 22.8 Å². The fraction of sp³-hybridized carbons (Fsp3) is 0.438. The van der Waals surface area contributed by atoms with Gasteiger partial charge in [-0.2, -0.15) is 5.10 Å². The summed E-state index contributed by atoms with van der Waals surface area (Å²) in [6.45, 7) is 4.55. The first-order valence-electron chi connectivity index (χ1n) is 7.58. The number of H-pyrrole nitrogens is 1. The molecule has 0 aliphatic carbocycles. The van der Waals surface area contributed by atoms with Crippen LogP contribution in [-0.4, -0.2) is 58.9 Å². The Labute approximate surface area is 133 Å². The zero-order valence-corrected chi connectivity index (χ0v) is 13.1. The number of rotatable bonds is 3. The molecule has 0 bridgehead atoms. The third-order valence-electron chi connectivity index (χ3n) is 3.76. The van der Waals surface area contributed by atoms with E-state index >= 15 is 0 Å². The number of aromatic amines is 1. The molecule has 2 atom stereocenters. The lowest BCUT2D eigenvalue weighted by Gasteiger charge is -2.35. The SMILES string of the molecule is C[C@@H]1CN(C(=O)COC(=O)c2n[nH]c3ccccc23)C[C@@H](C)O1. The van der Waals surface area contributed by atoms with Gasteiger partial charge in [0.2, 0.25) is 0 Å². The molecular formula is C16H19N3O4. The maximum absolute atomic E-state index is 12.2. The van der Waals surface area contributed by atoms with Crippen LogP contribution in [0.2, 0.25) is 0 Å². The number of amides is 1. The van der Waals surface area contributed by atoms with Gasteiger partial charge >= 0.3 is 5.97 Å². The smallest absolute Gasteiger partial charge is 0.359 e. The molecule has 1 N–H and O–H groups in total. The number of fused-ring (bicyclic) bond motifs is 1. The first kappa shape index (κ1) is 15.5. The van der Waals surface area contributed by atoms with E-state index in [0.717, 1.165) is 5.52 Å². The van der Waals surface area contributed by atoms with Crippen molar-refractivity contribution in [2.24, 2.45) is 0 Å². The van der Waals surface area contributed by atoms with Gasteiger partial charge in [0.25, 0.3) is 5.91 Å². The minimum Gasteiger partial charge on any atom is -0.451 e. The summed E-state index contributed by atoms with van der Waals surface area (Å²) in [5.41, 5.74) is 0.943. The third kappa shape index (κ3) is 3.34. The van der Waals surface area contributed by atoms with E-state index in [0.29, 0.717) is 18.5 Å². The van der Waals surface area contributed by atoms with Gasteiger partial charge in [0.05, 0.1) is 17.7 Å². The number of ether oxygens (including phenoxy) is 2. The Morgan fingerprint density at radius 2 is 2.00 bits per heavy atom. The van der Waals surface area contributed by atoms with Crippen LogP contribution in [0.15, 0.2) is 24.3 Å². The molecule has 7 nitrogen and oxygen atoms in total. The molecule has 7 heteroatoms. The number of benzene rings is 1. The number of hydrogen-bond acceptors (Lipinski definition) is 5. The first-order chi connectivity index (χ1) is 11.0. The van der Waals surface area contributed by atoms with Crippen LogP contribution in [0.4, 0.5) is 0 Å². The van der Waals surface area contributed by atoms with Crippen LogP contribution in [0, 0.1) is 0 Å². The highest BCUT2D eigenvalue weighted by molar-refractivity contribution is 6.02. The molecule has 1 aliphatic heterocycles. The molecule has 1 amide bonds. The molecule has 2 heterocycles. The molecule has 0 unspecified atom stereocenters. The molecule has 3 rings (SSSR count). The fourth-order valence-electron chi connectivity index (χ4n) is 2.79. The molecule has 1 aromatic heterocycles. The summed E-state index contributed by atoms with van der Waals surface area (Å²) in [7, 11) is 0. The molecule has 0 saturated carbocycles. The maximum atomic E-state index is 12.2. The summed E-state index contributed by atoms with van der Waals surface area (Å²) >= 11 is 0. The number of carbonyl (C=O) groups excluding carboxylic acids is 2. The molecule has 2 aromatic rings. The van der Waals surface area contributed by atoms with Gasteiger partial charge in [0.15, 0.2) is 12.3 Å². The van der Waals surface area contributed by atoms with Gasteiger partial charge in [-0.05, 0) is 19.9 Å². The predicted molar refractivity (Wildman–Crippen MR) is 83.0 cm³/mol. The Morgan fingerprint density at radius 1 is 1.30 bits per heavy atom. The second-order valence-electron chi connectivity index (χ2n) is 5.75. The van der Waals surface area contributed by atoms with Crippen LogP contribution >= 0.6 is 0 Å². The van der Waals surface area contributed by atoms with Gasteiger partial charge in [-0.3, -0.25) is 9.89 Å². The Morgan fingerprint density at radius 3 is 2.74 bits per heavy atom. The minimum atomic E-state index is -0.606. The Balaban J connectivity index is 1.61. The van der Waals surface area contributed by atoms with E-state index < -0.39 is 5.97 Å². The van der Waals surface area contributed by atoms with E-state index in [-0.39, 0.29) is 30.4 Å². The van der Waals surface area contributed by atoms with E-state index in [9.17, 15) is 9.59 Å². The number of para-hydroxylation sites is 1. The number of nitrogens with one attached hydrogen (secondary N) is 1. The Bertz CT molecular complexity index is 717. The predicted octanol–water partition coefficient (Wildman–Crippen LogP) is 1.36. The summed E-state index contributed by atoms with van der Waals surface area (Å²) in [5.74, 6) is -0.828. The average molecular weight is 317 g/mol. The maximum Gasteiger partial charge on any atom is 0.359 e. The molecule has 122 valence electrons. The van der Waals surface area contributed by atoms with Gasteiger partial charge in [-0.25, -0.2) is 4.79 Å². The van der Waals surface area contributed by atoms with Crippen LogP contribution in [0.25, 0.3) is 10.9 Å². The van der Waals surface area contributed by atoms with Crippen molar-refractivity contribution < 1.29 is 19.1 Å². The highest BCUT2D eigenvalue weighted by atomic mass is 16.5. The van der Waals surface area contributed by atoms with Crippen molar-refractivity contribution in [3.63, 3.8) is 0 Å². The first-order valence-corrected chi connectivity index (χ1v) is 7.58. The largest absolute Gasteiger partial charge is 0.451 e. The number of carbonyl (C=O) groups is 2. The van der Waals surface area contributed by atoms with Crippen molar-refractivity contribution in [1.82, 2.24) is 15.1 Å². The van der Waals surface area contributed by atoms with E-state index in [1.165, 1.54) is 0 Å². The van der Waals surface area contributed by atoms with Crippen LogP contribution in [0.5, 0.6) is 0 Å². The van der Waals surface area contributed by atoms with Gasteiger partial charge in [-0.15, -0.1) is 0 Å². The second kappa shape index (κ2) is 6.37. The number of aromatic nitrogens is 2. The standard InChI is InChI=1S/C16H19N3O4/c1-10-7-19(8-11(2)23-10)14(20)9-22-16(21)15-12-5-3-4-6-13(12)17-18-15/h3-6,10-11H,7-9H2,1-2H3,(H,17,18)/t10-,11-/m1/s1. The lowest BCUT2D eigenvalue weighted by molar-refractivity contribution is -0.146. The van der Waals surface area contributed by atoms with E-state index in [4.69, 9.17) is 9.47 Å². The monoisotopic (exact) mass is 317 g/mol. The summed E-state index contributed by atoms with van der Waals surface area (Å²) in [6.07, 6.45) is -0.0395. The number of nitrogens with zero attached hydrogens (tertiary/aromatic N) is 2. The van der Waals surface area contributed by atoms with Gasteiger partial charge < -0.3 is 14.4 Å².